The summed E-state index contributed by atoms with van der Waals surface area (Å²) < 4.78 is 41.7. The number of likely N-dealkylation sites (tertiary alicyclic amines) is 1. The number of anilines is 3. The molecule has 35 heavy (non-hydrogen) atoms. The third-order valence-electron chi connectivity index (χ3n) is 5.21. The van der Waals surface area contributed by atoms with E-state index in [2.05, 4.69) is 41.8 Å². The Kier molecular flexibility index (Phi) is 8.93. The van der Waals surface area contributed by atoms with Gasteiger partial charge in [-0.1, -0.05) is 13.3 Å². The van der Waals surface area contributed by atoms with Gasteiger partial charge in [0.25, 0.3) is 5.91 Å². The number of aromatic nitrogens is 4. The van der Waals surface area contributed by atoms with Crippen molar-refractivity contribution in [1.82, 2.24) is 24.2 Å². The van der Waals surface area contributed by atoms with Crippen molar-refractivity contribution in [3.8, 4) is 0 Å². The van der Waals surface area contributed by atoms with Crippen LogP contribution in [0.3, 0.4) is 0 Å². The molecule has 0 bridgehead atoms. The number of H-pyrrole nitrogens is 1. The predicted molar refractivity (Wildman–Crippen MR) is 128 cm³/mol. The summed E-state index contributed by atoms with van der Waals surface area (Å²) in [4.78, 5) is 35.5. The Hall–Kier alpha value is -3.32. The van der Waals surface area contributed by atoms with Crippen LogP contribution in [0.15, 0.2) is 35.5 Å². The zero-order valence-corrected chi connectivity index (χ0v) is 20.1. The zero-order valence-electron chi connectivity index (χ0n) is 19.3. The first kappa shape index (κ1) is 26.3. The molecule has 1 fully saturated rings. The Morgan fingerprint density at radius 1 is 1.17 bits per heavy atom. The quantitative estimate of drug-likeness (QED) is 0.466. The number of aromatic amines is 1. The average Bonchev–Trinajstić information content (AvgIpc) is 3.21. The Balaban J connectivity index is 0.000000363. The first-order valence-electron chi connectivity index (χ1n) is 11.0. The van der Waals surface area contributed by atoms with Crippen molar-refractivity contribution < 1.29 is 18.0 Å². The number of piperidine rings is 1. The van der Waals surface area contributed by atoms with Crippen molar-refractivity contribution >= 4 is 33.9 Å². The summed E-state index contributed by atoms with van der Waals surface area (Å²) in [6, 6.07) is 2.69. The summed E-state index contributed by atoms with van der Waals surface area (Å²) in [5, 5.41) is 5.64. The molecule has 3 N–H and O–H groups in total. The third-order valence-corrected chi connectivity index (χ3v) is 6.07. The minimum absolute atomic E-state index is 0.0322. The summed E-state index contributed by atoms with van der Waals surface area (Å²) in [6.07, 6.45) is 2.56. The van der Waals surface area contributed by atoms with E-state index in [-0.39, 0.29) is 16.9 Å². The van der Waals surface area contributed by atoms with Gasteiger partial charge in [0.05, 0.1) is 29.3 Å². The van der Waals surface area contributed by atoms with Crippen LogP contribution in [0.25, 0.3) is 0 Å². The molecular formula is C22H26F3N7O2S. The molecule has 1 saturated heterocycles. The van der Waals surface area contributed by atoms with Crippen LogP contribution < -0.4 is 16.2 Å². The van der Waals surface area contributed by atoms with Gasteiger partial charge >= 0.3 is 6.18 Å². The molecule has 1 aliphatic heterocycles. The second kappa shape index (κ2) is 11.9. The van der Waals surface area contributed by atoms with E-state index in [0.717, 1.165) is 17.7 Å². The lowest BCUT2D eigenvalue weighted by Crippen LogP contribution is -2.29. The second-order valence-electron chi connectivity index (χ2n) is 7.77. The molecule has 0 aliphatic carbocycles. The molecule has 0 radical (unpaired) electrons. The van der Waals surface area contributed by atoms with Crippen LogP contribution in [-0.4, -0.2) is 49.8 Å². The van der Waals surface area contributed by atoms with Gasteiger partial charge in [0, 0.05) is 12.3 Å². The molecule has 0 unspecified atom stereocenters. The normalized spacial score (nSPS) is 14.1. The Bertz CT molecular complexity index is 1150. The lowest BCUT2D eigenvalue weighted by atomic mass is 10.1. The van der Waals surface area contributed by atoms with Crippen molar-refractivity contribution in [3.63, 3.8) is 0 Å². The smallest absolute Gasteiger partial charge is 0.329 e. The average molecular weight is 510 g/mol. The number of hydrogen-bond acceptors (Lipinski definition) is 8. The lowest BCUT2D eigenvalue weighted by molar-refractivity contribution is -0.141. The molecule has 0 spiro atoms. The molecule has 9 nitrogen and oxygen atoms in total. The van der Waals surface area contributed by atoms with Gasteiger partial charge in [-0.15, -0.1) is 0 Å². The largest absolute Gasteiger partial charge is 0.434 e. The number of carbonyl (C=O) groups excluding carboxylic acids is 1. The van der Waals surface area contributed by atoms with Crippen LogP contribution in [-0.2, 0) is 6.18 Å². The van der Waals surface area contributed by atoms with Gasteiger partial charge in [0.2, 0.25) is 5.56 Å². The number of nitrogens with one attached hydrogen (secondary N) is 3. The summed E-state index contributed by atoms with van der Waals surface area (Å²) in [6.45, 7) is 7.79. The highest BCUT2D eigenvalue weighted by molar-refractivity contribution is 7.10. The maximum absolute atomic E-state index is 12.5. The molecule has 0 saturated carbocycles. The molecule has 13 heteroatoms. The van der Waals surface area contributed by atoms with Crippen molar-refractivity contribution in [3.05, 3.63) is 58.0 Å². The van der Waals surface area contributed by atoms with E-state index < -0.39 is 17.8 Å². The lowest BCUT2D eigenvalue weighted by Gasteiger charge is -2.24. The number of amides is 1. The number of pyridine rings is 1. The van der Waals surface area contributed by atoms with Gasteiger partial charge in [-0.25, -0.2) is 9.97 Å². The molecule has 0 atom stereocenters. The van der Waals surface area contributed by atoms with Gasteiger partial charge in [0.15, 0.2) is 5.69 Å². The number of rotatable bonds is 5. The van der Waals surface area contributed by atoms with Gasteiger partial charge < -0.3 is 20.5 Å². The minimum atomic E-state index is -4.59. The Morgan fingerprint density at radius 3 is 2.46 bits per heavy atom. The van der Waals surface area contributed by atoms with Crippen LogP contribution in [0.5, 0.6) is 0 Å². The second-order valence-corrected chi connectivity index (χ2v) is 8.55. The van der Waals surface area contributed by atoms with E-state index in [1.54, 1.807) is 6.92 Å². The summed E-state index contributed by atoms with van der Waals surface area (Å²) in [5.41, 5.74) is -0.447. The highest BCUT2D eigenvalue weighted by Gasteiger charge is 2.32. The highest BCUT2D eigenvalue weighted by atomic mass is 32.1. The maximum atomic E-state index is 12.5. The SMILES string of the molecule is CCN1CCCCC1.Cc1nsc(Nc2cnc(C(F)(F)F)cn2)c1C(=O)Nc1ccc(=O)[nH]c1. The molecular weight excluding hydrogens is 483 g/mol. The van der Waals surface area contributed by atoms with E-state index in [1.807, 2.05) is 0 Å². The van der Waals surface area contributed by atoms with Crippen LogP contribution in [0.4, 0.5) is 29.7 Å². The molecule has 1 aliphatic rings. The van der Waals surface area contributed by atoms with Gasteiger partial charge in [-0.05, 0) is 57.0 Å². The highest BCUT2D eigenvalue weighted by Crippen LogP contribution is 2.30. The van der Waals surface area contributed by atoms with E-state index >= 15 is 0 Å². The zero-order chi connectivity index (χ0) is 25.4. The van der Waals surface area contributed by atoms with Gasteiger partial charge in [-0.3, -0.25) is 9.59 Å². The summed E-state index contributed by atoms with van der Waals surface area (Å²) >= 11 is 0.952. The molecule has 4 heterocycles. The number of alkyl halides is 3. The van der Waals surface area contributed by atoms with Crippen molar-refractivity contribution in [2.45, 2.75) is 39.3 Å². The Labute approximate surface area is 204 Å². The third kappa shape index (κ3) is 7.59. The van der Waals surface area contributed by atoms with Crippen LogP contribution in [0.1, 0.15) is 47.9 Å². The van der Waals surface area contributed by atoms with Gasteiger partial charge in [0.1, 0.15) is 10.8 Å². The topological polar surface area (TPSA) is 116 Å². The number of halogens is 3. The molecule has 188 valence electrons. The van der Waals surface area contributed by atoms with Crippen LogP contribution in [0, 0.1) is 6.92 Å². The molecule has 3 aromatic rings. The molecule has 3 aromatic heterocycles. The number of carbonyl (C=O) groups is 1. The maximum Gasteiger partial charge on any atom is 0.434 e. The molecule has 0 aromatic carbocycles. The summed E-state index contributed by atoms with van der Waals surface area (Å²) in [7, 11) is 0. The number of aryl methyl sites for hydroxylation is 1. The predicted octanol–water partition coefficient (Wildman–Crippen LogP) is 4.44. The monoisotopic (exact) mass is 509 g/mol. The first-order chi connectivity index (χ1) is 16.7. The Morgan fingerprint density at radius 2 is 1.91 bits per heavy atom. The van der Waals surface area contributed by atoms with Gasteiger partial charge in [-0.2, -0.15) is 17.5 Å². The van der Waals surface area contributed by atoms with Crippen molar-refractivity contribution in [2.75, 3.05) is 30.3 Å². The molecule has 1 amide bonds. The van der Waals surface area contributed by atoms with Crippen LogP contribution in [0.2, 0.25) is 0 Å². The first-order valence-corrected chi connectivity index (χ1v) is 11.8. The fourth-order valence-electron chi connectivity index (χ4n) is 3.34. The van der Waals surface area contributed by atoms with Crippen molar-refractivity contribution in [1.29, 1.82) is 0 Å². The van der Waals surface area contributed by atoms with Crippen LogP contribution >= 0.6 is 11.5 Å². The van der Waals surface area contributed by atoms with E-state index in [9.17, 15) is 22.8 Å². The fourth-order valence-corrected chi connectivity index (χ4v) is 4.14. The van der Waals surface area contributed by atoms with E-state index in [1.165, 1.54) is 57.2 Å². The number of hydrogen-bond donors (Lipinski definition) is 3. The van der Waals surface area contributed by atoms with Crippen molar-refractivity contribution in [2.24, 2.45) is 0 Å². The summed E-state index contributed by atoms with van der Waals surface area (Å²) in [5.74, 6) is -0.472. The minimum Gasteiger partial charge on any atom is -0.329 e. The molecule has 4 rings (SSSR count). The fraction of sp³-hybridized carbons (Fsp3) is 0.409. The standard InChI is InChI=1S/C15H11F3N6O2S.C7H15N/c1-7-12(13(26)22-8-2-3-11(25)21-4-8)14(27-24-7)23-10-6-19-9(5-20-10)15(16,17)18;1-2-8-6-4-3-5-7-8/h2-6H,1H3,(H,20,23)(H,21,25)(H,22,26);2-7H2,1H3. The van der Waals surface area contributed by atoms with E-state index in [0.29, 0.717) is 22.6 Å². The van der Waals surface area contributed by atoms with E-state index in [4.69, 9.17) is 0 Å². The number of nitrogens with zero attached hydrogens (tertiary/aromatic N) is 4.